The average Bonchev–Trinajstić information content (AvgIpc) is 3.45. The Morgan fingerprint density at radius 3 is 2.24 bits per heavy atom. The molecule has 7 aliphatic rings. The molecule has 250 valence electrons. The molecule has 0 aromatic carbocycles. The second-order valence-electron chi connectivity index (χ2n) is 17.9. The summed E-state index contributed by atoms with van der Waals surface area (Å²) in [6.07, 6.45) is 9.15. The molecule has 0 radical (unpaired) electrons. The number of hydrazine groups is 1. The molecule has 8 unspecified atom stereocenters. The van der Waals surface area contributed by atoms with Crippen LogP contribution in [0, 0.1) is 44.8 Å². The first-order valence-corrected chi connectivity index (χ1v) is 17.8. The lowest BCUT2D eigenvalue weighted by molar-refractivity contribution is -0.227. The Morgan fingerprint density at radius 2 is 1.60 bits per heavy atom. The van der Waals surface area contributed by atoms with E-state index in [1.165, 1.54) is 18.1 Å². The SMILES string of the molecule is CC(=O)OCC12CCC3(C(C)C)C1=C1C(CC4C5(C)CCC(OC(C)=O)C(C)(C)C5CCC4(C)[C@]1(C)CC2)N1C(=O)N(C)CN13. The van der Waals surface area contributed by atoms with Gasteiger partial charge >= 0.3 is 18.0 Å². The minimum absolute atomic E-state index is 0.00684. The summed E-state index contributed by atoms with van der Waals surface area (Å²) in [6, 6.07) is 0.129. The number of rotatable bonds is 4. The van der Waals surface area contributed by atoms with Gasteiger partial charge in [0.25, 0.3) is 0 Å². The molecule has 4 saturated carbocycles. The van der Waals surface area contributed by atoms with E-state index in [9.17, 15) is 14.4 Å². The normalized spacial score (nSPS) is 46.4. The van der Waals surface area contributed by atoms with Crippen LogP contribution in [0.3, 0.4) is 0 Å². The summed E-state index contributed by atoms with van der Waals surface area (Å²) in [5.74, 6) is 0.783. The Kier molecular flexibility index (Phi) is 6.65. The van der Waals surface area contributed by atoms with E-state index in [0.29, 0.717) is 31.0 Å². The molecule has 0 aromatic heterocycles. The third-order valence-electron chi connectivity index (χ3n) is 15.7. The Bertz CT molecular complexity index is 1370. The van der Waals surface area contributed by atoms with E-state index in [2.05, 4.69) is 58.5 Å². The molecule has 8 nitrogen and oxygen atoms in total. The number of amides is 2. The van der Waals surface area contributed by atoms with Gasteiger partial charge in [-0.1, -0.05) is 48.5 Å². The highest BCUT2D eigenvalue weighted by atomic mass is 16.5. The van der Waals surface area contributed by atoms with Crippen molar-refractivity contribution in [3.8, 4) is 0 Å². The minimum atomic E-state index is -0.261. The third-order valence-corrected chi connectivity index (χ3v) is 15.7. The van der Waals surface area contributed by atoms with Crippen molar-refractivity contribution in [1.82, 2.24) is 14.9 Å². The maximum atomic E-state index is 14.3. The third kappa shape index (κ3) is 3.67. The average molecular weight is 624 g/mol. The highest BCUT2D eigenvalue weighted by Crippen LogP contribution is 2.78. The molecule has 0 bridgehead atoms. The maximum Gasteiger partial charge on any atom is 0.336 e. The van der Waals surface area contributed by atoms with Crippen LogP contribution in [0.5, 0.6) is 0 Å². The van der Waals surface area contributed by atoms with Crippen LogP contribution >= 0.6 is 0 Å². The largest absolute Gasteiger partial charge is 0.465 e. The minimum Gasteiger partial charge on any atom is -0.465 e. The van der Waals surface area contributed by atoms with Crippen molar-refractivity contribution >= 4 is 18.0 Å². The van der Waals surface area contributed by atoms with Crippen molar-refractivity contribution < 1.29 is 23.9 Å². The summed E-state index contributed by atoms with van der Waals surface area (Å²) >= 11 is 0. The summed E-state index contributed by atoms with van der Waals surface area (Å²) in [5, 5.41) is 4.68. The van der Waals surface area contributed by atoms with Gasteiger partial charge in [0.2, 0.25) is 0 Å². The lowest BCUT2D eigenvalue weighted by atomic mass is 9.33. The van der Waals surface area contributed by atoms with Crippen molar-refractivity contribution in [2.24, 2.45) is 44.8 Å². The zero-order chi connectivity index (χ0) is 32.7. The van der Waals surface area contributed by atoms with Gasteiger partial charge in [-0.25, -0.2) is 9.80 Å². The van der Waals surface area contributed by atoms with Gasteiger partial charge in [0.15, 0.2) is 0 Å². The lowest BCUT2D eigenvalue weighted by Gasteiger charge is -2.73. The first-order valence-electron chi connectivity index (χ1n) is 17.8. The molecule has 2 amide bonds. The molecule has 8 heteroatoms. The summed E-state index contributed by atoms with van der Waals surface area (Å²) in [7, 11) is 1.96. The van der Waals surface area contributed by atoms with Crippen molar-refractivity contribution in [2.75, 3.05) is 20.3 Å². The fourth-order valence-electron chi connectivity index (χ4n) is 13.4. The van der Waals surface area contributed by atoms with E-state index >= 15 is 0 Å². The van der Waals surface area contributed by atoms with E-state index in [-0.39, 0.29) is 62.7 Å². The Balaban J connectivity index is 1.43. The van der Waals surface area contributed by atoms with Crippen molar-refractivity contribution in [1.29, 1.82) is 0 Å². The predicted molar refractivity (Wildman–Crippen MR) is 171 cm³/mol. The van der Waals surface area contributed by atoms with Gasteiger partial charge in [-0.05, 0) is 103 Å². The molecule has 5 aliphatic carbocycles. The number of carbonyl (C=O) groups excluding carboxylic acids is 3. The molecule has 2 heterocycles. The summed E-state index contributed by atoms with van der Waals surface area (Å²) in [6.45, 7) is 21.2. The molecule has 7 rings (SSSR count). The number of hydrogen-bond donors (Lipinski definition) is 0. The van der Waals surface area contributed by atoms with Crippen LogP contribution in [-0.2, 0) is 19.1 Å². The number of carbonyl (C=O) groups is 3. The highest BCUT2D eigenvalue weighted by Gasteiger charge is 2.75. The zero-order valence-electron chi connectivity index (χ0n) is 29.5. The van der Waals surface area contributed by atoms with Crippen molar-refractivity contribution in [2.45, 2.75) is 138 Å². The lowest BCUT2D eigenvalue weighted by Crippen LogP contribution is -2.73. The summed E-state index contributed by atoms with van der Waals surface area (Å²) in [5.41, 5.74) is 2.58. The first kappa shape index (κ1) is 31.5. The van der Waals surface area contributed by atoms with E-state index in [4.69, 9.17) is 9.47 Å². The molecule has 1 saturated heterocycles. The van der Waals surface area contributed by atoms with Crippen molar-refractivity contribution in [3.05, 3.63) is 11.1 Å². The Hall–Kier alpha value is -2.09. The van der Waals surface area contributed by atoms with Crippen LogP contribution in [0.2, 0.25) is 0 Å². The molecule has 9 atom stereocenters. The van der Waals surface area contributed by atoms with E-state index in [0.717, 1.165) is 57.8 Å². The molecule has 0 aromatic rings. The molecule has 45 heavy (non-hydrogen) atoms. The fraction of sp³-hybridized carbons (Fsp3) is 0.865. The molecular formula is C37H57N3O5. The van der Waals surface area contributed by atoms with Gasteiger partial charge in [0.05, 0.1) is 18.2 Å². The van der Waals surface area contributed by atoms with Gasteiger partial charge in [-0.15, -0.1) is 0 Å². The van der Waals surface area contributed by atoms with Crippen LogP contribution in [-0.4, -0.2) is 70.9 Å². The van der Waals surface area contributed by atoms with Gasteiger partial charge < -0.3 is 14.4 Å². The molecular weight excluding hydrogens is 566 g/mol. The van der Waals surface area contributed by atoms with Crippen LogP contribution in [0.1, 0.15) is 120 Å². The van der Waals surface area contributed by atoms with Crippen LogP contribution in [0.25, 0.3) is 0 Å². The summed E-state index contributed by atoms with van der Waals surface area (Å²) < 4.78 is 11.9. The van der Waals surface area contributed by atoms with Crippen LogP contribution in [0.15, 0.2) is 11.1 Å². The molecule has 5 fully saturated rings. The quantitative estimate of drug-likeness (QED) is 0.249. The number of fused-ring (bicyclic) bond motifs is 7. The van der Waals surface area contributed by atoms with Gasteiger partial charge in [-0.2, -0.15) is 5.01 Å². The number of urea groups is 1. The van der Waals surface area contributed by atoms with E-state index in [1.807, 2.05) is 11.9 Å². The molecule has 0 spiro atoms. The molecule has 2 aliphatic heterocycles. The van der Waals surface area contributed by atoms with Gasteiger partial charge in [0, 0.05) is 31.7 Å². The number of nitrogens with zero attached hydrogens (tertiary/aromatic N) is 3. The van der Waals surface area contributed by atoms with E-state index < -0.39 is 0 Å². The summed E-state index contributed by atoms with van der Waals surface area (Å²) in [4.78, 5) is 40.6. The second kappa shape index (κ2) is 9.50. The number of ether oxygens (including phenoxy) is 2. The van der Waals surface area contributed by atoms with E-state index in [1.54, 1.807) is 6.92 Å². The number of esters is 2. The topological polar surface area (TPSA) is 79.4 Å². The second-order valence-corrected chi connectivity index (χ2v) is 17.9. The van der Waals surface area contributed by atoms with Gasteiger partial charge in [-0.3, -0.25) is 9.59 Å². The standard InChI is InChI=1S/C37H57N3O5/c1-22(2)37-18-17-36(20-44-23(3)41)16-15-35(9)29(30(36)37)25(40-31(43)38(10)21-39(37)40)19-27-33(7)13-12-28(45-24(4)42)32(5,6)26(33)11-14-34(27,35)8/h22,25-28H,11-21H2,1-10H3/t25?,26?,27?,28?,33?,34?,35-,36?,37?/m1/s1. The Morgan fingerprint density at radius 1 is 0.911 bits per heavy atom. The predicted octanol–water partition coefficient (Wildman–Crippen LogP) is 6.94. The van der Waals surface area contributed by atoms with Crippen LogP contribution < -0.4 is 0 Å². The van der Waals surface area contributed by atoms with Gasteiger partial charge in [0.1, 0.15) is 12.7 Å². The van der Waals surface area contributed by atoms with Crippen LogP contribution in [0.4, 0.5) is 4.79 Å². The van der Waals surface area contributed by atoms with Crippen molar-refractivity contribution in [3.63, 3.8) is 0 Å². The fourth-order valence-corrected chi connectivity index (χ4v) is 13.4. The number of hydrogen-bond acceptors (Lipinski definition) is 6. The monoisotopic (exact) mass is 623 g/mol. The molecule has 0 N–H and O–H groups in total. The maximum absolute atomic E-state index is 14.3. The smallest absolute Gasteiger partial charge is 0.336 e. The Labute approximate surface area is 270 Å². The zero-order valence-corrected chi connectivity index (χ0v) is 29.5. The first-order chi connectivity index (χ1) is 20.9. The highest BCUT2D eigenvalue weighted by molar-refractivity contribution is 5.78.